The molecule has 1 aliphatic heterocycles. The summed E-state index contributed by atoms with van der Waals surface area (Å²) < 4.78 is 69.3. The average Bonchev–Trinajstić information content (AvgIpc) is 3.48. The van der Waals surface area contributed by atoms with Crippen LogP contribution in [0.4, 0.5) is 14.6 Å². The summed E-state index contributed by atoms with van der Waals surface area (Å²) in [7, 11) is -4.30. The van der Waals surface area contributed by atoms with Crippen LogP contribution in [0.15, 0.2) is 61.9 Å². The molecule has 4 atom stereocenters. The second-order valence-electron chi connectivity index (χ2n) is 9.84. The van der Waals surface area contributed by atoms with E-state index in [0.717, 1.165) is 12.3 Å². The van der Waals surface area contributed by atoms with Gasteiger partial charge in [-0.1, -0.05) is 18.2 Å². The topological polar surface area (TPSA) is 239 Å². The first-order chi connectivity index (χ1) is 21.2. The number of anilines is 1. The van der Waals surface area contributed by atoms with Crippen LogP contribution in [-0.4, -0.2) is 82.5 Å². The molecule has 1 aliphatic rings. The Hall–Kier alpha value is -4.53. The third kappa shape index (κ3) is 7.41. The van der Waals surface area contributed by atoms with E-state index >= 15 is 0 Å². The van der Waals surface area contributed by atoms with E-state index in [4.69, 9.17) is 14.6 Å². The first-order valence-corrected chi connectivity index (χ1v) is 14.8. The number of rotatable bonds is 13. The zero-order chi connectivity index (χ0) is 32.9. The van der Waals surface area contributed by atoms with Crippen molar-refractivity contribution in [2.45, 2.75) is 66.5 Å². The standard InChI is InChI=1S/C25H28F2N6O11S/c1-14(10-12-42-21-22(33(39)44-31-21)45(40,41)15-5-3-2-4-6-15)28-18(35)7-8-19(36)29-17-9-11-32(24(38)30-17)23-25(26,27)20(37)16(13-34)43-23/h2-6,9,11,14,16,20,23,34,37H,7-8,10,12-13H2,1H3,(H,28,35)(H,29,30,36,38)/t14?,16-,20-,23-/m1/s1. The first-order valence-electron chi connectivity index (χ1n) is 13.3. The molecule has 1 fully saturated rings. The summed E-state index contributed by atoms with van der Waals surface area (Å²) in [5, 5.41) is 38.1. The van der Waals surface area contributed by atoms with Gasteiger partial charge >= 0.3 is 22.5 Å². The third-order valence-corrected chi connectivity index (χ3v) is 8.27. The van der Waals surface area contributed by atoms with Gasteiger partial charge < -0.3 is 35.5 Å². The number of sulfone groups is 1. The molecule has 4 rings (SSSR count). The van der Waals surface area contributed by atoms with Gasteiger partial charge in [-0.25, -0.2) is 13.2 Å². The number of carbonyl (C=O) groups excluding carboxylic acids is 2. The number of ether oxygens (including phenoxy) is 2. The van der Waals surface area contributed by atoms with Gasteiger partial charge in [-0.2, -0.15) is 13.8 Å². The van der Waals surface area contributed by atoms with Crippen molar-refractivity contribution in [1.82, 2.24) is 20.0 Å². The molecular formula is C25H28F2N6O11S. The third-order valence-electron chi connectivity index (χ3n) is 6.54. The lowest BCUT2D eigenvalue weighted by atomic mass is 10.1. The van der Waals surface area contributed by atoms with Crippen LogP contribution in [0.2, 0.25) is 0 Å². The zero-order valence-corrected chi connectivity index (χ0v) is 24.2. The molecule has 3 aromatic rings. The van der Waals surface area contributed by atoms with Gasteiger partial charge in [0.25, 0.3) is 9.84 Å². The maximum atomic E-state index is 14.3. The Kier molecular flexibility index (Phi) is 10.1. The van der Waals surface area contributed by atoms with Crippen LogP contribution in [0.25, 0.3) is 0 Å². The van der Waals surface area contributed by atoms with Crippen LogP contribution in [0.1, 0.15) is 32.4 Å². The second-order valence-corrected chi connectivity index (χ2v) is 11.7. The molecule has 4 N–H and O–H groups in total. The van der Waals surface area contributed by atoms with Crippen LogP contribution in [0.3, 0.4) is 0 Å². The Balaban J connectivity index is 1.23. The van der Waals surface area contributed by atoms with Crippen LogP contribution < -0.4 is 26.0 Å². The van der Waals surface area contributed by atoms with Crippen LogP contribution in [-0.2, 0) is 24.2 Å². The minimum Gasteiger partial charge on any atom is -0.454 e. The summed E-state index contributed by atoms with van der Waals surface area (Å²) in [6.45, 7) is 0.537. The van der Waals surface area contributed by atoms with Crippen molar-refractivity contribution in [2.24, 2.45) is 0 Å². The predicted molar refractivity (Wildman–Crippen MR) is 143 cm³/mol. The van der Waals surface area contributed by atoms with E-state index < -0.39 is 75.3 Å². The average molecular weight is 659 g/mol. The number of halogens is 2. The summed E-state index contributed by atoms with van der Waals surface area (Å²) in [5.74, 6) is -5.99. The minimum atomic E-state index is -4.30. The number of amides is 2. The number of alkyl halides is 2. The lowest BCUT2D eigenvalue weighted by Gasteiger charge is -2.21. The molecule has 45 heavy (non-hydrogen) atoms. The smallest absolute Gasteiger partial charge is 0.414 e. The molecule has 0 spiro atoms. The zero-order valence-electron chi connectivity index (χ0n) is 23.4. The van der Waals surface area contributed by atoms with Crippen molar-refractivity contribution >= 4 is 27.5 Å². The van der Waals surface area contributed by atoms with Gasteiger partial charge in [0.2, 0.25) is 18.0 Å². The summed E-state index contributed by atoms with van der Waals surface area (Å²) in [6, 6.07) is 7.63. The van der Waals surface area contributed by atoms with Gasteiger partial charge in [0.15, 0.2) is 6.10 Å². The number of hydrogen-bond donors (Lipinski definition) is 4. The fraction of sp³-hybridized carbons (Fsp3) is 0.440. The summed E-state index contributed by atoms with van der Waals surface area (Å²) in [5.41, 5.74) is -1.22. The van der Waals surface area contributed by atoms with E-state index in [1.54, 1.807) is 13.0 Å². The molecule has 2 amide bonds. The number of nitrogens with zero attached hydrogens (tertiary/aromatic N) is 4. The number of aromatic nitrogens is 4. The normalized spacial score (nSPS) is 20.0. The summed E-state index contributed by atoms with van der Waals surface area (Å²) >= 11 is 0. The van der Waals surface area contributed by atoms with Crippen molar-refractivity contribution in [3.63, 3.8) is 0 Å². The molecule has 0 aliphatic carbocycles. The Morgan fingerprint density at radius 2 is 1.91 bits per heavy atom. The fourth-order valence-electron chi connectivity index (χ4n) is 4.20. The van der Waals surface area contributed by atoms with E-state index in [1.165, 1.54) is 24.3 Å². The van der Waals surface area contributed by atoms with Gasteiger partial charge in [0.1, 0.15) is 11.9 Å². The molecule has 0 radical (unpaired) electrons. The quantitative estimate of drug-likeness (QED) is 0.166. The maximum absolute atomic E-state index is 14.3. The SMILES string of the molecule is CC(CCOc1no[n+]([O-])c1S(=O)(=O)c1ccccc1)NC(=O)CCC(=O)Nc1ccn([C@@H]2O[C@H](CO)[C@@H](O)C2(F)F)c(=O)n1. The Morgan fingerprint density at radius 3 is 2.56 bits per heavy atom. The first kappa shape index (κ1) is 33.4. The molecule has 2 aromatic heterocycles. The number of nitrogens with one attached hydrogen (secondary N) is 2. The number of carbonyl (C=O) groups is 2. The largest absolute Gasteiger partial charge is 0.454 e. The summed E-state index contributed by atoms with van der Waals surface area (Å²) in [4.78, 5) is 39.9. The molecule has 20 heteroatoms. The Labute approximate surface area is 252 Å². The molecule has 17 nitrogen and oxygen atoms in total. The van der Waals surface area contributed by atoms with Crippen molar-refractivity contribution in [1.29, 1.82) is 0 Å². The lowest BCUT2D eigenvalue weighted by molar-refractivity contribution is -0.832. The molecule has 1 aromatic carbocycles. The van der Waals surface area contributed by atoms with Gasteiger partial charge in [-0.05, 0) is 30.0 Å². The molecule has 244 valence electrons. The van der Waals surface area contributed by atoms with Crippen LogP contribution in [0, 0.1) is 5.21 Å². The second kappa shape index (κ2) is 13.6. The monoisotopic (exact) mass is 658 g/mol. The maximum Gasteiger partial charge on any atom is 0.414 e. The van der Waals surface area contributed by atoms with Crippen molar-refractivity contribution in [3.8, 4) is 5.88 Å². The lowest BCUT2D eigenvalue weighted by Crippen LogP contribution is -2.41. The number of benzene rings is 1. The van der Waals surface area contributed by atoms with E-state index in [0.29, 0.717) is 4.57 Å². The highest BCUT2D eigenvalue weighted by Gasteiger charge is 2.59. The highest BCUT2D eigenvalue weighted by molar-refractivity contribution is 7.91. The predicted octanol–water partition coefficient (Wildman–Crippen LogP) is -0.724. The molecule has 1 saturated heterocycles. The van der Waals surface area contributed by atoms with E-state index in [1.807, 2.05) is 0 Å². The van der Waals surface area contributed by atoms with Gasteiger partial charge in [-0.15, -0.1) is 0 Å². The van der Waals surface area contributed by atoms with E-state index in [2.05, 4.69) is 25.4 Å². The highest BCUT2D eigenvalue weighted by Crippen LogP contribution is 2.42. The minimum absolute atomic E-state index is 0.147. The van der Waals surface area contributed by atoms with Crippen LogP contribution >= 0.6 is 0 Å². The highest BCUT2D eigenvalue weighted by atomic mass is 32.2. The van der Waals surface area contributed by atoms with E-state index in [-0.39, 0.29) is 41.5 Å². The van der Waals surface area contributed by atoms with Crippen LogP contribution in [0.5, 0.6) is 5.88 Å². The number of aliphatic hydroxyl groups is 2. The molecular weight excluding hydrogens is 630 g/mol. The Morgan fingerprint density at radius 1 is 1.22 bits per heavy atom. The fourth-order valence-corrected chi connectivity index (χ4v) is 5.50. The summed E-state index contributed by atoms with van der Waals surface area (Å²) in [6.07, 6.45) is -5.79. The van der Waals surface area contributed by atoms with E-state index in [9.17, 15) is 41.9 Å². The molecule has 0 bridgehead atoms. The van der Waals surface area contributed by atoms with Gasteiger partial charge in [0.05, 0.1) is 23.3 Å². The number of aliphatic hydroxyl groups excluding tert-OH is 2. The van der Waals surface area contributed by atoms with Crippen molar-refractivity contribution < 1.29 is 56.0 Å². The van der Waals surface area contributed by atoms with Gasteiger partial charge in [-0.3, -0.25) is 18.8 Å². The number of hydrogen-bond acceptors (Lipinski definition) is 13. The van der Waals surface area contributed by atoms with Crippen molar-refractivity contribution in [2.75, 3.05) is 18.5 Å². The Bertz CT molecular complexity index is 1690. The molecule has 0 saturated carbocycles. The molecule has 3 heterocycles. The molecule has 1 unspecified atom stereocenters. The van der Waals surface area contributed by atoms with Crippen molar-refractivity contribution in [3.05, 3.63) is 58.3 Å². The van der Waals surface area contributed by atoms with Gasteiger partial charge in [0, 0.05) is 31.5 Å².